The Bertz CT molecular complexity index is 336. The number of methoxy groups -OCH3 is 2. The Balaban J connectivity index is 2.86. The molecule has 90 valence electrons. The lowest BCUT2D eigenvalue weighted by Gasteiger charge is -2.18. The van der Waals surface area contributed by atoms with Crippen molar-refractivity contribution in [2.24, 2.45) is 0 Å². The highest BCUT2D eigenvalue weighted by molar-refractivity contribution is 5.30. The van der Waals surface area contributed by atoms with Crippen molar-refractivity contribution in [1.29, 1.82) is 0 Å². The highest BCUT2D eigenvalue weighted by atomic mass is 19.4. The number of ether oxygens (including phenoxy) is 2. The maximum Gasteiger partial charge on any atom is 0.391 e. The second kappa shape index (κ2) is 5.21. The lowest BCUT2D eigenvalue weighted by atomic mass is 10.1. The van der Waals surface area contributed by atoms with E-state index >= 15 is 0 Å². The van der Waals surface area contributed by atoms with Gasteiger partial charge in [-0.05, 0) is 17.7 Å². The molecule has 1 atom stereocenters. The zero-order chi connectivity index (χ0) is 12.2. The Morgan fingerprint density at radius 3 is 2.44 bits per heavy atom. The second-order valence-electron chi connectivity index (χ2n) is 3.32. The molecule has 0 aromatic heterocycles. The number of hydrogen-bond donors (Lipinski definition) is 0. The lowest BCUT2D eigenvalue weighted by molar-refractivity contribution is -0.158. The average Bonchev–Trinajstić information content (AvgIpc) is 2.25. The van der Waals surface area contributed by atoms with E-state index in [0.717, 1.165) is 0 Å². The van der Waals surface area contributed by atoms with Gasteiger partial charge in [-0.1, -0.05) is 12.1 Å². The average molecular weight is 234 g/mol. The number of benzene rings is 1. The van der Waals surface area contributed by atoms with Crippen LogP contribution in [0.15, 0.2) is 24.3 Å². The standard InChI is InChI=1S/C11H13F3O2/c1-15-9-5-3-4-8(6-9)10(16-2)7-11(12,13)14/h3-6,10H,7H2,1-2H3. The zero-order valence-electron chi connectivity index (χ0n) is 9.04. The van der Waals surface area contributed by atoms with E-state index in [1.165, 1.54) is 14.2 Å². The third-order valence-electron chi connectivity index (χ3n) is 2.17. The van der Waals surface area contributed by atoms with Crippen LogP contribution in [-0.2, 0) is 4.74 Å². The minimum atomic E-state index is -4.25. The van der Waals surface area contributed by atoms with Gasteiger partial charge in [0.05, 0.1) is 19.6 Å². The summed E-state index contributed by atoms with van der Waals surface area (Å²) < 4.78 is 46.5. The van der Waals surface area contributed by atoms with Gasteiger partial charge in [0.25, 0.3) is 0 Å². The third kappa shape index (κ3) is 3.73. The summed E-state index contributed by atoms with van der Waals surface area (Å²) in [7, 11) is 2.72. The van der Waals surface area contributed by atoms with Crippen LogP contribution in [0.3, 0.4) is 0 Å². The molecule has 2 nitrogen and oxygen atoms in total. The van der Waals surface area contributed by atoms with Crippen LogP contribution < -0.4 is 4.74 Å². The van der Waals surface area contributed by atoms with E-state index in [4.69, 9.17) is 9.47 Å². The molecule has 1 aromatic rings. The van der Waals surface area contributed by atoms with Crippen LogP contribution in [0.4, 0.5) is 13.2 Å². The van der Waals surface area contributed by atoms with Gasteiger partial charge < -0.3 is 9.47 Å². The van der Waals surface area contributed by atoms with E-state index < -0.39 is 18.7 Å². The van der Waals surface area contributed by atoms with Crippen LogP contribution in [0.5, 0.6) is 5.75 Å². The van der Waals surface area contributed by atoms with E-state index in [1.807, 2.05) is 0 Å². The predicted octanol–water partition coefficient (Wildman–Crippen LogP) is 3.34. The van der Waals surface area contributed by atoms with E-state index in [0.29, 0.717) is 11.3 Å². The van der Waals surface area contributed by atoms with Gasteiger partial charge in [-0.3, -0.25) is 0 Å². The predicted molar refractivity (Wildman–Crippen MR) is 53.4 cm³/mol. The first-order valence-corrected chi connectivity index (χ1v) is 4.70. The van der Waals surface area contributed by atoms with Crippen LogP contribution in [0.25, 0.3) is 0 Å². The van der Waals surface area contributed by atoms with Crippen molar-refractivity contribution in [2.45, 2.75) is 18.7 Å². The number of rotatable bonds is 4. The van der Waals surface area contributed by atoms with Crippen molar-refractivity contribution in [1.82, 2.24) is 0 Å². The Morgan fingerprint density at radius 1 is 1.25 bits per heavy atom. The topological polar surface area (TPSA) is 18.5 Å². The summed E-state index contributed by atoms with van der Waals surface area (Å²) >= 11 is 0. The number of hydrogen-bond acceptors (Lipinski definition) is 2. The fourth-order valence-corrected chi connectivity index (χ4v) is 1.39. The summed E-state index contributed by atoms with van der Waals surface area (Å²) in [5.74, 6) is 0.515. The molecule has 0 spiro atoms. The molecule has 0 saturated carbocycles. The molecule has 0 saturated heterocycles. The molecule has 0 radical (unpaired) electrons. The van der Waals surface area contributed by atoms with Gasteiger partial charge >= 0.3 is 6.18 Å². The summed E-state index contributed by atoms with van der Waals surface area (Å²) in [6.07, 6.45) is -6.24. The third-order valence-corrected chi connectivity index (χ3v) is 2.17. The molecule has 5 heteroatoms. The Kier molecular flexibility index (Phi) is 4.18. The molecule has 0 amide bonds. The van der Waals surface area contributed by atoms with E-state index in [1.54, 1.807) is 24.3 Å². The van der Waals surface area contributed by atoms with Crippen molar-refractivity contribution in [2.75, 3.05) is 14.2 Å². The Hall–Kier alpha value is -1.23. The van der Waals surface area contributed by atoms with Gasteiger partial charge in [-0.25, -0.2) is 0 Å². The largest absolute Gasteiger partial charge is 0.497 e. The fraction of sp³-hybridized carbons (Fsp3) is 0.455. The van der Waals surface area contributed by atoms with Crippen LogP contribution in [0, 0.1) is 0 Å². The molecule has 0 heterocycles. The minimum Gasteiger partial charge on any atom is -0.497 e. The molecular weight excluding hydrogens is 221 g/mol. The molecule has 1 unspecified atom stereocenters. The van der Waals surface area contributed by atoms with E-state index in [-0.39, 0.29) is 0 Å². The summed E-state index contributed by atoms with van der Waals surface area (Å²) in [4.78, 5) is 0. The van der Waals surface area contributed by atoms with Gasteiger partial charge in [0.1, 0.15) is 5.75 Å². The zero-order valence-corrected chi connectivity index (χ0v) is 9.04. The number of halogens is 3. The maximum atomic E-state index is 12.2. The molecule has 1 rings (SSSR count). The quantitative estimate of drug-likeness (QED) is 0.795. The summed E-state index contributed by atoms with van der Waals surface area (Å²) in [6, 6.07) is 6.43. The summed E-state index contributed by atoms with van der Waals surface area (Å²) in [5.41, 5.74) is 0.458. The molecule has 0 aliphatic rings. The Labute approximate surface area is 92.0 Å². The molecular formula is C11H13F3O2. The molecule has 0 N–H and O–H groups in total. The monoisotopic (exact) mass is 234 g/mol. The lowest BCUT2D eigenvalue weighted by Crippen LogP contribution is -2.15. The van der Waals surface area contributed by atoms with Gasteiger partial charge in [0.15, 0.2) is 0 Å². The normalized spacial score (nSPS) is 13.6. The highest BCUT2D eigenvalue weighted by Crippen LogP contribution is 2.32. The van der Waals surface area contributed by atoms with Crippen molar-refractivity contribution in [3.8, 4) is 5.75 Å². The van der Waals surface area contributed by atoms with Gasteiger partial charge in [-0.2, -0.15) is 13.2 Å². The van der Waals surface area contributed by atoms with Gasteiger partial charge in [0.2, 0.25) is 0 Å². The first-order valence-electron chi connectivity index (χ1n) is 4.70. The molecule has 0 aliphatic carbocycles. The summed E-state index contributed by atoms with van der Waals surface area (Å²) in [6.45, 7) is 0. The Morgan fingerprint density at radius 2 is 1.94 bits per heavy atom. The molecule has 16 heavy (non-hydrogen) atoms. The van der Waals surface area contributed by atoms with Crippen LogP contribution >= 0.6 is 0 Å². The molecule has 0 bridgehead atoms. The summed E-state index contributed by atoms with van der Waals surface area (Å²) in [5, 5.41) is 0. The van der Waals surface area contributed by atoms with Crippen LogP contribution in [0.1, 0.15) is 18.1 Å². The molecule has 1 aromatic carbocycles. The highest BCUT2D eigenvalue weighted by Gasteiger charge is 2.32. The molecule has 0 fully saturated rings. The van der Waals surface area contributed by atoms with Crippen LogP contribution in [-0.4, -0.2) is 20.4 Å². The van der Waals surface area contributed by atoms with Crippen LogP contribution in [0.2, 0.25) is 0 Å². The molecule has 0 aliphatic heterocycles. The second-order valence-corrected chi connectivity index (χ2v) is 3.32. The van der Waals surface area contributed by atoms with Gasteiger partial charge in [0, 0.05) is 7.11 Å². The minimum absolute atomic E-state index is 0.458. The van der Waals surface area contributed by atoms with Crippen molar-refractivity contribution in [3.63, 3.8) is 0 Å². The smallest absolute Gasteiger partial charge is 0.391 e. The maximum absolute atomic E-state index is 12.2. The fourth-order valence-electron chi connectivity index (χ4n) is 1.39. The first kappa shape index (κ1) is 12.8. The SMILES string of the molecule is COc1cccc(C(CC(F)(F)F)OC)c1. The van der Waals surface area contributed by atoms with E-state index in [9.17, 15) is 13.2 Å². The van der Waals surface area contributed by atoms with E-state index in [2.05, 4.69) is 0 Å². The van der Waals surface area contributed by atoms with Crippen molar-refractivity contribution >= 4 is 0 Å². The van der Waals surface area contributed by atoms with Crippen molar-refractivity contribution in [3.05, 3.63) is 29.8 Å². The first-order chi connectivity index (χ1) is 7.46. The van der Waals surface area contributed by atoms with Crippen molar-refractivity contribution < 1.29 is 22.6 Å². The number of alkyl halides is 3. The van der Waals surface area contributed by atoms with Gasteiger partial charge in [-0.15, -0.1) is 0 Å².